The molecule has 0 saturated carbocycles. The summed E-state index contributed by atoms with van der Waals surface area (Å²) in [7, 11) is 0. The van der Waals surface area contributed by atoms with Gasteiger partial charge in [0, 0.05) is 11.8 Å². The summed E-state index contributed by atoms with van der Waals surface area (Å²) in [6, 6.07) is 6.96. The lowest BCUT2D eigenvalue weighted by Gasteiger charge is -2.18. The van der Waals surface area contributed by atoms with Crippen LogP contribution in [0.5, 0.6) is 5.75 Å². The second-order valence-electron chi connectivity index (χ2n) is 4.51. The van der Waals surface area contributed by atoms with Gasteiger partial charge in [0.15, 0.2) is 0 Å². The first-order valence-electron chi connectivity index (χ1n) is 6.45. The molecule has 0 saturated heterocycles. The number of hydrogen-bond donors (Lipinski definition) is 2. The van der Waals surface area contributed by atoms with Gasteiger partial charge in [-0.3, -0.25) is 4.68 Å². The van der Waals surface area contributed by atoms with E-state index in [1.54, 1.807) is 12.1 Å². The smallest absolute Gasteiger partial charge is 0.257 e. The largest absolute Gasteiger partial charge is 0.508 e. The van der Waals surface area contributed by atoms with Crippen molar-refractivity contribution in [3.8, 4) is 5.75 Å². The fraction of sp³-hybridized carbons (Fsp3) is 0.357. The number of benzene rings is 1. The Morgan fingerprint density at radius 3 is 2.75 bits per heavy atom. The van der Waals surface area contributed by atoms with Gasteiger partial charge in [0.1, 0.15) is 12.3 Å². The predicted octanol–water partition coefficient (Wildman–Crippen LogP) is 3.42. The second kappa shape index (κ2) is 6.36. The zero-order valence-corrected chi connectivity index (χ0v) is 11.1. The Hall–Kier alpha value is -2.11. The van der Waals surface area contributed by atoms with E-state index < -0.39 is 13.0 Å². The Labute approximate surface area is 116 Å². The van der Waals surface area contributed by atoms with Crippen LogP contribution in [0.1, 0.15) is 24.9 Å². The standard InChI is InChI=1S/C14H17F2N3O/c1-2-12(11-5-3-4-6-13(11)20)18-10-7-17-19(8-10)9-14(15)16/h3-8,12,14,18,20H,2,9H2,1H3/t12-/m1/s1. The zero-order chi connectivity index (χ0) is 14.5. The molecule has 4 nitrogen and oxygen atoms in total. The minimum atomic E-state index is -2.43. The van der Waals surface area contributed by atoms with Gasteiger partial charge in [-0.2, -0.15) is 5.10 Å². The third kappa shape index (κ3) is 3.46. The predicted molar refractivity (Wildman–Crippen MR) is 73.0 cm³/mol. The number of aromatic nitrogens is 2. The SMILES string of the molecule is CC[C@@H](Nc1cnn(CC(F)F)c1)c1ccccc1O. The number of nitrogens with zero attached hydrogens (tertiary/aromatic N) is 2. The molecule has 1 heterocycles. The molecule has 2 aromatic rings. The molecule has 2 N–H and O–H groups in total. The van der Waals surface area contributed by atoms with Crippen molar-refractivity contribution in [2.24, 2.45) is 0 Å². The molecule has 0 aliphatic rings. The normalized spacial score (nSPS) is 12.6. The number of phenolic OH excluding ortho intramolecular Hbond substituents is 1. The summed E-state index contributed by atoms with van der Waals surface area (Å²) in [6.45, 7) is 1.56. The fourth-order valence-electron chi connectivity index (χ4n) is 2.06. The van der Waals surface area contributed by atoms with Gasteiger partial charge in [-0.05, 0) is 12.5 Å². The lowest BCUT2D eigenvalue weighted by Crippen LogP contribution is -2.10. The number of para-hydroxylation sites is 1. The molecule has 0 radical (unpaired) electrons. The maximum Gasteiger partial charge on any atom is 0.257 e. The van der Waals surface area contributed by atoms with Crippen LogP contribution >= 0.6 is 0 Å². The first-order chi connectivity index (χ1) is 9.60. The van der Waals surface area contributed by atoms with Crippen molar-refractivity contribution < 1.29 is 13.9 Å². The van der Waals surface area contributed by atoms with Gasteiger partial charge in [0.25, 0.3) is 6.43 Å². The summed E-state index contributed by atoms with van der Waals surface area (Å²) in [5, 5.41) is 16.9. The molecule has 1 aromatic carbocycles. The van der Waals surface area contributed by atoms with Crippen LogP contribution in [0.25, 0.3) is 0 Å². The molecular formula is C14H17F2N3O. The Balaban J connectivity index is 2.11. The van der Waals surface area contributed by atoms with E-state index in [-0.39, 0.29) is 11.8 Å². The zero-order valence-electron chi connectivity index (χ0n) is 11.1. The number of nitrogens with one attached hydrogen (secondary N) is 1. The van der Waals surface area contributed by atoms with Crippen LogP contribution in [0.2, 0.25) is 0 Å². The topological polar surface area (TPSA) is 50.1 Å². The van der Waals surface area contributed by atoms with Crippen LogP contribution in [0.4, 0.5) is 14.5 Å². The van der Waals surface area contributed by atoms with Crippen molar-refractivity contribution in [1.29, 1.82) is 0 Å². The lowest BCUT2D eigenvalue weighted by atomic mass is 10.0. The van der Waals surface area contributed by atoms with Crippen molar-refractivity contribution in [2.75, 3.05) is 5.32 Å². The van der Waals surface area contributed by atoms with E-state index in [0.717, 1.165) is 12.0 Å². The summed E-state index contributed by atoms with van der Waals surface area (Å²) in [5.74, 6) is 0.215. The number of anilines is 1. The van der Waals surface area contributed by atoms with Gasteiger partial charge in [0.05, 0.1) is 17.9 Å². The van der Waals surface area contributed by atoms with Crippen molar-refractivity contribution in [1.82, 2.24) is 9.78 Å². The van der Waals surface area contributed by atoms with Crippen molar-refractivity contribution in [2.45, 2.75) is 32.4 Å². The maximum absolute atomic E-state index is 12.3. The molecule has 2 rings (SSSR count). The van der Waals surface area contributed by atoms with Crippen LogP contribution < -0.4 is 5.32 Å². The molecule has 6 heteroatoms. The second-order valence-corrected chi connectivity index (χ2v) is 4.51. The molecule has 0 aliphatic heterocycles. The van der Waals surface area contributed by atoms with Crippen molar-refractivity contribution in [3.63, 3.8) is 0 Å². The van der Waals surface area contributed by atoms with Crippen molar-refractivity contribution >= 4 is 5.69 Å². The number of phenols is 1. The molecule has 0 unspecified atom stereocenters. The first kappa shape index (κ1) is 14.3. The van der Waals surface area contributed by atoms with E-state index in [0.29, 0.717) is 5.69 Å². The molecule has 20 heavy (non-hydrogen) atoms. The first-order valence-corrected chi connectivity index (χ1v) is 6.45. The van der Waals surface area contributed by atoms with Gasteiger partial charge in [-0.15, -0.1) is 0 Å². The third-order valence-electron chi connectivity index (χ3n) is 3.02. The number of hydrogen-bond acceptors (Lipinski definition) is 3. The van der Waals surface area contributed by atoms with Crippen molar-refractivity contribution in [3.05, 3.63) is 42.2 Å². The molecular weight excluding hydrogens is 264 g/mol. The van der Waals surface area contributed by atoms with Crippen LogP contribution in [0, 0.1) is 0 Å². The van der Waals surface area contributed by atoms with E-state index in [9.17, 15) is 13.9 Å². The monoisotopic (exact) mass is 281 g/mol. The average molecular weight is 281 g/mol. The van der Waals surface area contributed by atoms with E-state index in [2.05, 4.69) is 10.4 Å². The summed E-state index contributed by atoms with van der Waals surface area (Å²) < 4.78 is 25.7. The highest BCUT2D eigenvalue weighted by Crippen LogP contribution is 2.28. The van der Waals surface area contributed by atoms with E-state index >= 15 is 0 Å². The minimum Gasteiger partial charge on any atom is -0.508 e. The molecule has 0 fully saturated rings. The highest BCUT2D eigenvalue weighted by atomic mass is 19.3. The number of aromatic hydroxyl groups is 1. The van der Waals surface area contributed by atoms with E-state index in [1.807, 2.05) is 19.1 Å². The van der Waals surface area contributed by atoms with E-state index in [1.165, 1.54) is 17.1 Å². The highest BCUT2D eigenvalue weighted by molar-refractivity contribution is 5.45. The van der Waals surface area contributed by atoms with Gasteiger partial charge in [-0.1, -0.05) is 25.1 Å². The van der Waals surface area contributed by atoms with Crippen LogP contribution in [-0.4, -0.2) is 21.3 Å². The molecule has 0 bridgehead atoms. The minimum absolute atomic E-state index is 0.0969. The van der Waals surface area contributed by atoms with Crippen LogP contribution in [-0.2, 0) is 6.54 Å². The Morgan fingerprint density at radius 1 is 1.35 bits per heavy atom. The molecule has 1 atom stereocenters. The van der Waals surface area contributed by atoms with Gasteiger partial charge >= 0.3 is 0 Å². The van der Waals surface area contributed by atoms with Gasteiger partial charge < -0.3 is 10.4 Å². The molecule has 0 amide bonds. The number of rotatable bonds is 6. The number of halogens is 2. The molecule has 0 spiro atoms. The fourth-order valence-corrected chi connectivity index (χ4v) is 2.06. The summed E-state index contributed by atoms with van der Waals surface area (Å²) in [4.78, 5) is 0. The lowest BCUT2D eigenvalue weighted by molar-refractivity contribution is 0.122. The quantitative estimate of drug-likeness (QED) is 0.853. The Morgan fingerprint density at radius 2 is 2.10 bits per heavy atom. The summed E-state index contributed by atoms with van der Waals surface area (Å²) in [5.41, 5.74) is 1.43. The Bertz CT molecular complexity index is 557. The summed E-state index contributed by atoms with van der Waals surface area (Å²) in [6.07, 6.45) is 1.36. The van der Waals surface area contributed by atoms with E-state index in [4.69, 9.17) is 0 Å². The maximum atomic E-state index is 12.3. The van der Waals surface area contributed by atoms with Gasteiger partial charge in [0.2, 0.25) is 0 Å². The summed E-state index contributed by atoms with van der Waals surface area (Å²) >= 11 is 0. The highest BCUT2D eigenvalue weighted by Gasteiger charge is 2.14. The number of alkyl halides is 2. The Kier molecular flexibility index (Phi) is 4.55. The molecule has 0 aliphatic carbocycles. The van der Waals surface area contributed by atoms with Crippen LogP contribution in [0.3, 0.4) is 0 Å². The molecule has 108 valence electrons. The molecule has 1 aromatic heterocycles. The average Bonchev–Trinajstić information content (AvgIpc) is 2.83. The van der Waals surface area contributed by atoms with Gasteiger partial charge in [-0.25, -0.2) is 8.78 Å². The third-order valence-corrected chi connectivity index (χ3v) is 3.02. The van der Waals surface area contributed by atoms with Crippen LogP contribution in [0.15, 0.2) is 36.7 Å².